The quantitative estimate of drug-likeness (QED) is 0.105. The van der Waals surface area contributed by atoms with E-state index >= 15 is 0 Å². The Balaban J connectivity index is 1.17. The van der Waals surface area contributed by atoms with Gasteiger partial charge in [-0.2, -0.15) is 0 Å². The summed E-state index contributed by atoms with van der Waals surface area (Å²) in [6.45, 7) is 6.69. The van der Waals surface area contributed by atoms with Gasteiger partial charge in [-0.1, -0.05) is 42.0 Å². The van der Waals surface area contributed by atoms with E-state index in [0.717, 1.165) is 39.6 Å². The molecule has 11 nitrogen and oxygen atoms in total. The van der Waals surface area contributed by atoms with Crippen LogP contribution in [0.5, 0.6) is 0 Å². The number of nitrogens with two attached hydrogens (primary N) is 1. The fourth-order valence-electron chi connectivity index (χ4n) is 5.58. The highest BCUT2D eigenvalue weighted by molar-refractivity contribution is 7.15. The van der Waals surface area contributed by atoms with Gasteiger partial charge in [-0.3, -0.25) is 19.1 Å². The number of fused-ring (bicyclic) bond motifs is 3. The van der Waals surface area contributed by atoms with E-state index in [0.29, 0.717) is 53.5 Å². The number of rotatable bonds is 11. The molecule has 2 aromatic carbocycles. The lowest BCUT2D eigenvalue weighted by Gasteiger charge is -2.13. The molecular weight excluding hydrogens is 662 g/mol. The Labute approximate surface area is 294 Å². The number of amides is 2. The molecule has 1 aliphatic rings. The topological polar surface area (TPSA) is 154 Å². The maximum absolute atomic E-state index is 13.2. The molecule has 13 heteroatoms. The van der Waals surface area contributed by atoms with Gasteiger partial charge in [0, 0.05) is 45.2 Å². The van der Waals surface area contributed by atoms with Gasteiger partial charge in [0.25, 0.3) is 0 Å². The second-order valence-corrected chi connectivity index (χ2v) is 13.2. The van der Waals surface area contributed by atoms with Crippen LogP contribution in [0.25, 0.3) is 5.00 Å². The van der Waals surface area contributed by atoms with Crippen molar-refractivity contribution < 1.29 is 19.1 Å². The Hall–Kier alpha value is -4.83. The fourth-order valence-corrected chi connectivity index (χ4v) is 6.92. The van der Waals surface area contributed by atoms with Gasteiger partial charge in [0.1, 0.15) is 16.9 Å². The molecule has 0 fully saturated rings. The summed E-state index contributed by atoms with van der Waals surface area (Å²) in [5.41, 5.74) is 10.6. The van der Waals surface area contributed by atoms with Gasteiger partial charge >= 0.3 is 5.97 Å². The molecule has 4 N–H and O–H groups in total. The molecule has 0 radical (unpaired) electrons. The summed E-state index contributed by atoms with van der Waals surface area (Å²) >= 11 is 7.87. The van der Waals surface area contributed by atoms with Crippen molar-refractivity contribution in [1.82, 2.24) is 20.1 Å². The summed E-state index contributed by atoms with van der Waals surface area (Å²) in [4.78, 5) is 44.2. The van der Waals surface area contributed by atoms with Crippen LogP contribution < -0.4 is 16.4 Å². The molecule has 2 amide bonds. The van der Waals surface area contributed by atoms with E-state index in [9.17, 15) is 14.4 Å². The Bertz CT molecular complexity index is 1970. The van der Waals surface area contributed by atoms with Crippen LogP contribution in [-0.4, -0.2) is 58.5 Å². The van der Waals surface area contributed by atoms with Gasteiger partial charge in [0.2, 0.25) is 11.8 Å². The molecule has 254 valence electrons. The number of carbonyl (C=O) groups excluding carboxylic acids is 3. The van der Waals surface area contributed by atoms with Crippen LogP contribution >= 0.6 is 22.9 Å². The van der Waals surface area contributed by atoms with E-state index in [-0.39, 0.29) is 24.8 Å². The van der Waals surface area contributed by atoms with Crippen molar-refractivity contribution in [3.8, 4) is 16.8 Å². The van der Waals surface area contributed by atoms with E-state index in [1.54, 1.807) is 29.5 Å². The monoisotopic (exact) mass is 699 g/mol. The van der Waals surface area contributed by atoms with Gasteiger partial charge in [-0.15, -0.1) is 21.5 Å². The highest BCUT2D eigenvalue weighted by Gasteiger charge is 2.32. The predicted molar refractivity (Wildman–Crippen MR) is 192 cm³/mol. The highest BCUT2D eigenvalue weighted by Crippen LogP contribution is 2.39. The van der Waals surface area contributed by atoms with Crippen molar-refractivity contribution in [3.05, 3.63) is 91.8 Å². The van der Waals surface area contributed by atoms with Crippen LogP contribution in [0.1, 0.15) is 87.3 Å². The fraction of sp³-hybridized carbons (Fsp3) is 0.333. The highest BCUT2D eigenvalue weighted by atomic mass is 35.5. The average molecular weight is 700 g/mol. The third kappa shape index (κ3) is 8.25. The number of methoxy groups -OCH3 is 1. The Kier molecular flexibility index (Phi) is 11.6. The minimum atomic E-state index is -0.543. The summed E-state index contributed by atoms with van der Waals surface area (Å²) in [5, 5.41) is 16.3. The number of hydrogen-bond donors (Lipinski definition) is 3. The number of unbranched alkanes of at least 4 members (excludes halogenated alkanes) is 2. The number of aryl methyl sites for hydroxylation is 2. The summed E-state index contributed by atoms with van der Waals surface area (Å²) in [6.07, 6.45) is 2.51. The number of nitrogens with zero attached hydrogens (tertiary/aromatic N) is 4. The predicted octanol–water partition coefficient (Wildman–Crippen LogP) is 5.60. The van der Waals surface area contributed by atoms with Gasteiger partial charge < -0.3 is 21.1 Å². The van der Waals surface area contributed by atoms with Crippen molar-refractivity contribution in [2.75, 3.05) is 25.5 Å². The molecule has 5 rings (SSSR count). The number of ether oxygens (including phenoxy) is 1. The number of carbonyl (C=O) groups is 3. The number of aromatic nitrogens is 3. The van der Waals surface area contributed by atoms with Crippen molar-refractivity contribution in [3.63, 3.8) is 0 Å². The molecule has 0 aliphatic carbocycles. The summed E-state index contributed by atoms with van der Waals surface area (Å²) in [7, 11) is 1.30. The van der Waals surface area contributed by atoms with Crippen LogP contribution in [0, 0.1) is 32.6 Å². The largest absolute Gasteiger partial charge is 0.465 e. The second kappa shape index (κ2) is 16.0. The molecule has 0 bridgehead atoms. The number of nitrogens with one attached hydrogen (secondary N) is 2. The first-order valence-electron chi connectivity index (χ1n) is 16.0. The standard InChI is InChI=1S/C36H38ClN7O4S/c1-21-22(2)49-35-32(21)33(24-11-13-26(37)14-12-24)41-29(34-43-42-23(3)44(34)35)20-31(46)39-18-7-5-6-10-30(45)40-27-15-16-28(36(47)48-4)25(19-27)9-8-17-38/h11-16,19,29H,5-7,10,17-18,20,38H2,1-4H3,(H,39,46)(H,40,45)/t29-/m0/s1. The van der Waals surface area contributed by atoms with E-state index in [4.69, 9.17) is 27.1 Å². The normalized spacial score (nSPS) is 13.3. The maximum Gasteiger partial charge on any atom is 0.339 e. The summed E-state index contributed by atoms with van der Waals surface area (Å²) in [6, 6.07) is 11.9. The summed E-state index contributed by atoms with van der Waals surface area (Å²) < 4.78 is 6.83. The SMILES string of the molecule is COC(=O)c1ccc(NC(=O)CCCCCNC(=O)C[C@@H]2N=C(c3ccc(Cl)cc3)c3c(sc(C)c3C)-n3c(C)nnc32)cc1C#CCN. The molecule has 4 aromatic rings. The van der Waals surface area contributed by atoms with E-state index < -0.39 is 12.0 Å². The maximum atomic E-state index is 13.2. The van der Waals surface area contributed by atoms with Gasteiger partial charge in [-0.25, -0.2) is 4.79 Å². The smallest absolute Gasteiger partial charge is 0.339 e. The molecule has 0 saturated heterocycles. The van der Waals surface area contributed by atoms with Crippen molar-refractivity contribution in [1.29, 1.82) is 0 Å². The number of anilines is 1. The van der Waals surface area contributed by atoms with Crippen molar-refractivity contribution >= 4 is 52.1 Å². The van der Waals surface area contributed by atoms with Crippen LogP contribution in [0.3, 0.4) is 0 Å². The molecule has 49 heavy (non-hydrogen) atoms. The van der Waals surface area contributed by atoms with Crippen LogP contribution in [0.4, 0.5) is 5.69 Å². The zero-order chi connectivity index (χ0) is 35.1. The molecule has 1 aliphatic heterocycles. The van der Waals surface area contributed by atoms with Crippen molar-refractivity contribution in [2.24, 2.45) is 10.7 Å². The molecule has 0 spiro atoms. The Morgan fingerprint density at radius 2 is 1.82 bits per heavy atom. The number of hydrogen-bond acceptors (Lipinski definition) is 9. The molecule has 1 atom stereocenters. The lowest BCUT2D eigenvalue weighted by atomic mass is 9.99. The Morgan fingerprint density at radius 1 is 1.04 bits per heavy atom. The zero-order valence-corrected chi connectivity index (χ0v) is 29.4. The van der Waals surface area contributed by atoms with Crippen LogP contribution in [0.2, 0.25) is 5.02 Å². The first kappa shape index (κ1) is 35.5. The molecule has 0 saturated carbocycles. The van der Waals surface area contributed by atoms with E-state index in [2.05, 4.69) is 46.5 Å². The second-order valence-electron chi connectivity index (χ2n) is 11.6. The minimum Gasteiger partial charge on any atom is -0.465 e. The lowest BCUT2D eigenvalue weighted by Crippen LogP contribution is -2.26. The van der Waals surface area contributed by atoms with Gasteiger partial charge in [0.05, 0.1) is 31.4 Å². The van der Waals surface area contributed by atoms with Crippen LogP contribution in [0.15, 0.2) is 47.5 Å². The molecular formula is C36H38ClN7O4S. The number of thiophene rings is 1. The molecule has 3 heterocycles. The third-order valence-electron chi connectivity index (χ3n) is 8.17. The van der Waals surface area contributed by atoms with E-state index in [1.165, 1.54) is 12.0 Å². The average Bonchev–Trinajstić information content (AvgIpc) is 3.57. The van der Waals surface area contributed by atoms with Crippen molar-refractivity contribution in [2.45, 2.75) is 58.9 Å². The minimum absolute atomic E-state index is 0.108. The van der Waals surface area contributed by atoms with E-state index in [1.807, 2.05) is 35.8 Å². The first-order chi connectivity index (χ1) is 23.6. The molecule has 0 unspecified atom stereocenters. The number of benzene rings is 2. The Morgan fingerprint density at radius 3 is 2.55 bits per heavy atom. The van der Waals surface area contributed by atoms with Gasteiger partial charge in [-0.05, 0) is 69.5 Å². The number of esters is 1. The summed E-state index contributed by atoms with van der Waals surface area (Å²) in [5.74, 6) is 6.12. The lowest BCUT2D eigenvalue weighted by molar-refractivity contribution is -0.121. The number of aliphatic imine (C=N–C) groups is 1. The zero-order valence-electron chi connectivity index (χ0n) is 27.9. The number of halogens is 1. The van der Waals surface area contributed by atoms with Crippen LogP contribution in [-0.2, 0) is 14.3 Å². The molecule has 2 aromatic heterocycles. The third-order valence-corrected chi connectivity index (χ3v) is 9.62. The first-order valence-corrected chi connectivity index (χ1v) is 17.1. The van der Waals surface area contributed by atoms with Gasteiger partial charge in [0.15, 0.2) is 5.82 Å².